The smallest absolute Gasteiger partial charge is 0.495 e. The van der Waals surface area contributed by atoms with Crippen LogP contribution in [0.3, 0.4) is 0 Å². The van der Waals surface area contributed by atoms with Crippen LogP contribution in [-0.2, 0) is 25.5 Å². The molecule has 0 bridgehead atoms. The van der Waals surface area contributed by atoms with Crippen molar-refractivity contribution in [3.8, 4) is 5.75 Å². The Kier molecular flexibility index (Phi) is 13.8. The van der Waals surface area contributed by atoms with Gasteiger partial charge in [-0.15, -0.1) is 0 Å². The summed E-state index contributed by atoms with van der Waals surface area (Å²) in [6.45, 7) is 6.90. The van der Waals surface area contributed by atoms with E-state index >= 15 is 0 Å². The van der Waals surface area contributed by atoms with Crippen LogP contribution < -0.4 is 30.5 Å². The zero-order valence-corrected chi connectivity index (χ0v) is 35.3. The molecular weight excluding hydrogens is 771 g/mol. The number of carbonyl (C=O) groups excluding carboxylic acids is 4. The number of alkyl carbamates (subject to hydrolysis) is 1. The van der Waals surface area contributed by atoms with Gasteiger partial charge >= 0.3 is 18.2 Å². The second-order valence-corrected chi connectivity index (χ2v) is 16.8. The Morgan fingerprint density at radius 3 is 2.30 bits per heavy atom. The third-order valence-corrected chi connectivity index (χ3v) is 11.6. The van der Waals surface area contributed by atoms with Crippen molar-refractivity contribution in [2.75, 3.05) is 34.6 Å². The van der Waals surface area contributed by atoms with Gasteiger partial charge in [0.15, 0.2) is 5.82 Å². The average molecular weight is 828 g/mol. The van der Waals surface area contributed by atoms with Gasteiger partial charge in [0.2, 0.25) is 11.9 Å². The van der Waals surface area contributed by atoms with E-state index in [1.54, 1.807) is 69.2 Å². The standard InChI is InChI=1S/C44H57N7O9/c1-7-33-39(53)50(5)34-25-45-41(49-37(34)51(33)30-14-10-11-15-30)47-32-23-19-28(24-35(32)58-6)38(52)46-29-20-16-26(17-21-29)18-22-31(27-12-8-9-13-27)36(40(54)55)48-42(56)59-43(57)60-44(2,3)4/h16-17,19-21,23-25,27,30-31,33,36H,7-15,18,22H2,1-6H3,(H,46,52)(H,48,56)(H,54,55)(H,45,47,49)/t31?,33-,36+/m1/s1. The Hall–Kier alpha value is -5.93. The number of aliphatic carboxylic acids is 1. The number of methoxy groups -OCH3 is 1. The third-order valence-electron chi connectivity index (χ3n) is 11.6. The molecule has 1 unspecified atom stereocenters. The first-order valence-electron chi connectivity index (χ1n) is 20.9. The van der Waals surface area contributed by atoms with Crippen LogP contribution in [0.4, 0.5) is 38.4 Å². The van der Waals surface area contributed by atoms with Crippen molar-refractivity contribution >= 4 is 58.9 Å². The molecule has 16 heteroatoms. The second kappa shape index (κ2) is 19.0. The van der Waals surface area contributed by atoms with E-state index in [1.807, 2.05) is 19.1 Å². The van der Waals surface area contributed by atoms with E-state index in [0.717, 1.165) is 62.7 Å². The lowest BCUT2D eigenvalue weighted by Crippen LogP contribution is -2.55. The van der Waals surface area contributed by atoms with Crippen molar-refractivity contribution in [2.45, 2.75) is 122 Å². The maximum absolute atomic E-state index is 13.4. The molecule has 0 spiro atoms. The molecule has 60 heavy (non-hydrogen) atoms. The molecule has 3 aliphatic rings. The zero-order valence-electron chi connectivity index (χ0n) is 35.3. The molecule has 3 aromatic rings. The third kappa shape index (κ3) is 10.4. The number of amides is 3. The summed E-state index contributed by atoms with van der Waals surface area (Å²) in [6, 6.07) is 11.0. The van der Waals surface area contributed by atoms with Gasteiger partial charge < -0.3 is 45.1 Å². The number of likely N-dealkylation sites (N-methyl/N-ethyl adjacent to an activating group) is 1. The van der Waals surface area contributed by atoms with Gasteiger partial charge in [-0.05, 0) is 101 Å². The van der Waals surface area contributed by atoms with Gasteiger partial charge in [-0.2, -0.15) is 4.98 Å². The van der Waals surface area contributed by atoms with Crippen molar-refractivity contribution in [3.63, 3.8) is 0 Å². The van der Waals surface area contributed by atoms with Crippen LogP contribution >= 0.6 is 0 Å². The maximum atomic E-state index is 13.4. The normalized spacial score (nSPS) is 18.0. The molecule has 2 aliphatic carbocycles. The first kappa shape index (κ1) is 43.6. The highest BCUT2D eigenvalue weighted by atomic mass is 16.8. The Morgan fingerprint density at radius 2 is 1.67 bits per heavy atom. The Bertz CT molecular complexity index is 2040. The number of carbonyl (C=O) groups is 5. The lowest BCUT2D eigenvalue weighted by atomic mass is 9.80. The molecule has 16 nitrogen and oxygen atoms in total. The van der Waals surface area contributed by atoms with E-state index in [4.69, 9.17) is 19.2 Å². The van der Waals surface area contributed by atoms with Crippen LogP contribution in [0, 0.1) is 11.8 Å². The zero-order chi connectivity index (χ0) is 43.1. The monoisotopic (exact) mass is 827 g/mol. The molecule has 0 saturated heterocycles. The number of carboxylic acids is 1. The summed E-state index contributed by atoms with van der Waals surface area (Å²) < 4.78 is 15.4. The van der Waals surface area contributed by atoms with Crippen molar-refractivity contribution in [3.05, 3.63) is 59.8 Å². The van der Waals surface area contributed by atoms with Crippen molar-refractivity contribution < 1.29 is 43.3 Å². The lowest BCUT2D eigenvalue weighted by Gasteiger charge is -2.43. The average Bonchev–Trinajstić information content (AvgIpc) is 3.95. The number of hydrogen-bond donors (Lipinski definition) is 4. The number of aromatic nitrogens is 2. The number of benzene rings is 2. The van der Waals surface area contributed by atoms with Crippen molar-refractivity contribution in [1.82, 2.24) is 15.3 Å². The van der Waals surface area contributed by atoms with Crippen LogP contribution in [-0.4, -0.2) is 83.0 Å². The SMILES string of the molecule is CC[C@@H]1C(=O)N(C)c2cnc(Nc3ccc(C(=O)Nc4ccc(CCC(C5CCCC5)[C@H](NC(=O)OC(=O)OC(C)(C)C)C(=O)O)cc4)cc3OC)nc2N1C1CCCC1. The van der Waals surface area contributed by atoms with Gasteiger partial charge in [-0.3, -0.25) is 9.59 Å². The molecule has 2 saturated carbocycles. The number of ether oxygens (including phenoxy) is 3. The first-order valence-corrected chi connectivity index (χ1v) is 20.9. The summed E-state index contributed by atoms with van der Waals surface area (Å²) in [7, 11) is 3.28. The molecule has 322 valence electrons. The van der Waals surface area contributed by atoms with Crippen molar-refractivity contribution in [1.29, 1.82) is 0 Å². The number of nitrogens with zero attached hydrogens (tertiary/aromatic N) is 4. The van der Waals surface area contributed by atoms with Crippen LogP contribution in [0.2, 0.25) is 0 Å². The van der Waals surface area contributed by atoms with E-state index < -0.39 is 35.8 Å². The Labute approximate surface area is 350 Å². The fraction of sp³-hybridized carbons (Fsp3) is 0.523. The topological polar surface area (TPSA) is 202 Å². The number of carboxylic acid groups (broad SMARTS) is 1. The summed E-state index contributed by atoms with van der Waals surface area (Å²) in [5.74, 6) is -0.368. The van der Waals surface area contributed by atoms with Crippen LogP contribution in [0.25, 0.3) is 0 Å². The van der Waals surface area contributed by atoms with Gasteiger partial charge in [0, 0.05) is 24.3 Å². The predicted octanol–water partition coefficient (Wildman–Crippen LogP) is 7.84. The minimum absolute atomic E-state index is 0.0428. The summed E-state index contributed by atoms with van der Waals surface area (Å²) in [5.41, 5.74) is 2.20. The van der Waals surface area contributed by atoms with Gasteiger partial charge in [0.25, 0.3) is 5.91 Å². The number of rotatable bonds is 14. The highest BCUT2D eigenvalue weighted by Crippen LogP contribution is 2.41. The van der Waals surface area contributed by atoms with Gasteiger partial charge in [-0.1, -0.05) is 57.6 Å². The van der Waals surface area contributed by atoms with Gasteiger partial charge in [0.05, 0.1) is 19.0 Å². The van der Waals surface area contributed by atoms with E-state index in [2.05, 4.69) is 25.8 Å². The van der Waals surface area contributed by atoms with Crippen LogP contribution in [0.5, 0.6) is 5.75 Å². The molecule has 2 fully saturated rings. The fourth-order valence-electron chi connectivity index (χ4n) is 8.71. The summed E-state index contributed by atoms with van der Waals surface area (Å²) in [4.78, 5) is 77.0. The first-order chi connectivity index (χ1) is 28.6. The lowest BCUT2D eigenvalue weighted by molar-refractivity contribution is -0.141. The van der Waals surface area contributed by atoms with E-state index in [0.29, 0.717) is 53.6 Å². The molecule has 2 aromatic carbocycles. The van der Waals surface area contributed by atoms with Gasteiger partial charge in [0.1, 0.15) is 29.1 Å². The Morgan fingerprint density at radius 1 is 0.983 bits per heavy atom. The van der Waals surface area contributed by atoms with E-state index in [-0.39, 0.29) is 29.8 Å². The Balaban J connectivity index is 1.09. The predicted molar refractivity (Wildman–Crippen MR) is 226 cm³/mol. The highest BCUT2D eigenvalue weighted by Gasteiger charge is 2.41. The summed E-state index contributed by atoms with van der Waals surface area (Å²) in [6.07, 6.45) is 8.83. The molecule has 3 atom stereocenters. The molecule has 3 amide bonds. The largest absolute Gasteiger partial charge is 0.517 e. The molecule has 1 aromatic heterocycles. The van der Waals surface area contributed by atoms with Crippen LogP contribution in [0.1, 0.15) is 108 Å². The quantitative estimate of drug-likeness (QED) is 0.0905. The molecular formula is C44H57N7O9. The number of nitrogens with one attached hydrogen (secondary N) is 3. The summed E-state index contributed by atoms with van der Waals surface area (Å²) >= 11 is 0. The number of aryl methyl sites for hydroxylation is 1. The number of fused-ring (bicyclic) bond motifs is 1. The number of hydrogen-bond acceptors (Lipinski definition) is 12. The second-order valence-electron chi connectivity index (χ2n) is 16.8. The molecule has 1 aliphatic heterocycles. The van der Waals surface area contributed by atoms with Gasteiger partial charge in [-0.25, -0.2) is 19.4 Å². The fourth-order valence-corrected chi connectivity index (χ4v) is 8.71. The molecule has 0 radical (unpaired) electrons. The molecule has 4 N–H and O–H groups in total. The molecule has 2 heterocycles. The maximum Gasteiger partial charge on any atom is 0.517 e. The van der Waals surface area contributed by atoms with Crippen LogP contribution in [0.15, 0.2) is 48.7 Å². The van der Waals surface area contributed by atoms with Crippen molar-refractivity contribution in [2.24, 2.45) is 11.8 Å². The number of anilines is 5. The summed E-state index contributed by atoms with van der Waals surface area (Å²) in [5, 5.41) is 18.7. The minimum atomic E-state index is -1.26. The minimum Gasteiger partial charge on any atom is -0.495 e. The van der Waals surface area contributed by atoms with E-state index in [1.165, 1.54) is 7.11 Å². The highest BCUT2D eigenvalue weighted by molar-refractivity contribution is 6.05. The van der Waals surface area contributed by atoms with E-state index in [9.17, 15) is 29.1 Å². The molecule has 6 rings (SSSR count).